The second kappa shape index (κ2) is 9.62. The molecule has 1 aliphatic heterocycles. The van der Waals surface area contributed by atoms with Gasteiger partial charge in [-0.25, -0.2) is 18.2 Å². The molecule has 2 amide bonds. The summed E-state index contributed by atoms with van der Waals surface area (Å²) in [6.07, 6.45) is 6.60. The first-order valence-corrected chi connectivity index (χ1v) is 13.3. The number of anilines is 1. The molecular weight excluding hydrogens is 545 g/mol. The minimum absolute atomic E-state index is 0.0390. The average molecular weight is 569 g/mol. The highest BCUT2D eigenvalue weighted by atomic mass is 35.5. The van der Waals surface area contributed by atoms with Gasteiger partial charge in [-0.1, -0.05) is 24.3 Å². The number of alkyl halides is 2. The summed E-state index contributed by atoms with van der Waals surface area (Å²) in [6.45, 7) is 2.20. The van der Waals surface area contributed by atoms with Crippen molar-refractivity contribution < 1.29 is 22.8 Å². The van der Waals surface area contributed by atoms with Crippen LogP contribution >= 0.6 is 11.6 Å². The van der Waals surface area contributed by atoms with Crippen LogP contribution in [-0.2, 0) is 0 Å². The number of halogens is 4. The lowest BCUT2D eigenvalue weighted by atomic mass is 9.96. The molecule has 0 spiro atoms. The fourth-order valence-electron chi connectivity index (χ4n) is 4.92. The van der Waals surface area contributed by atoms with Crippen molar-refractivity contribution in [3.8, 4) is 11.1 Å². The monoisotopic (exact) mass is 568 g/mol. The van der Waals surface area contributed by atoms with Crippen molar-refractivity contribution in [3.05, 3.63) is 86.7 Å². The summed E-state index contributed by atoms with van der Waals surface area (Å²) in [5.41, 5.74) is 0.591. The van der Waals surface area contributed by atoms with Crippen LogP contribution in [0.15, 0.2) is 47.9 Å². The molecule has 3 fully saturated rings. The number of likely N-dealkylation sites (tertiary alicyclic amines) is 1. The third-order valence-electron chi connectivity index (χ3n) is 7.27. The summed E-state index contributed by atoms with van der Waals surface area (Å²) in [5.74, 6) is -5.14. The Bertz CT molecular complexity index is 1640. The number of benzene rings is 1. The van der Waals surface area contributed by atoms with Crippen LogP contribution in [-0.4, -0.2) is 45.3 Å². The first-order chi connectivity index (χ1) is 19.0. The molecule has 0 atom stereocenters. The van der Waals surface area contributed by atoms with Gasteiger partial charge in [-0.05, 0) is 67.1 Å². The Morgan fingerprint density at radius 3 is 2.42 bits per heavy atom. The van der Waals surface area contributed by atoms with Crippen molar-refractivity contribution in [2.75, 3.05) is 18.4 Å². The van der Waals surface area contributed by atoms with Gasteiger partial charge in [0.15, 0.2) is 0 Å². The maximum Gasteiger partial charge on any atom is 0.282 e. The standard InChI is InChI=1S/C29H24ClF3N4O3/c1-2-15-7-21(28(40)37(12-15)19-5-6-19)26(38)35-24-9-17(8-23(34-24)16-3-4-16)25-20(10-18(30)11-22(25)31)27(39)36-13-29(32,33)14-36/h2,7-12,16,19H,1,3-6,13-14H2,(H,34,35,38). The molecule has 1 saturated heterocycles. The van der Waals surface area contributed by atoms with Crippen molar-refractivity contribution in [2.45, 2.75) is 43.6 Å². The van der Waals surface area contributed by atoms with Crippen molar-refractivity contribution in [1.82, 2.24) is 14.5 Å². The number of hydrogen-bond acceptors (Lipinski definition) is 4. The number of nitrogens with zero attached hydrogens (tertiary/aromatic N) is 3. The number of amides is 2. The summed E-state index contributed by atoms with van der Waals surface area (Å²) in [6, 6.07) is 6.79. The molecule has 0 unspecified atom stereocenters. The van der Waals surface area contributed by atoms with Crippen LogP contribution in [0.1, 0.15) is 69.6 Å². The highest BCUT2D eigenvalue weighted by Gasteiger charge is 2.47. The highest BCUT2D eigenvalue weighted by molar-refractivity contribution is 6.31. The van der Waals surface area contributed by atoms with E-state index in [0.29, 0.717) is 11.3 Å². The second-order valence-corrected chi connectivity index (χ2v) is 11.0. The minimum Gasteiger partial charge on any atom is -0.326 e. The summed E-state index contributed by atoms with van der Waals surface area (Å²) >= 11 is 6.05. The van der Waals surface area contributed by atoms with E-state index in [2.05, 4.69) is 16.9 Å². The van der Waals surface area contributed by atoms with Crippen molar-refractivity contribution in [1.29, 1.82) is 0 Å². The molecule has 0 bridgehead atoms. The third kappa shape index (κ3) is 5.03. The molecule has 0 radical (unpaired) electrons. The van der Waals surface area contributed by atoms with Crippen LogP contribution < -0.4 is 10.9 Å². The molecule has 7 nitrogen and oxygen atoms in total. The summed E-state index contributed by atoms with van der Waals surface area (Å²) < 4.78 is 43.9. The van der Waals surface area contributed by atoms with E-state index >= 15 is 4.39 Å². The van der Waals surface area contributed by atoms with Gasteiger partial charge in [0, 0.05) is 34.4 Å². The zero-order valence-electron chi connectivity index (χ0n) is 21.2. The molecule has 1 N–H and O–H groups in total. The van der Waals surface area contributed by atoms with Gasteiger partial charge in [-0.15, -0.1) is 0 Å². The Hall–Kier alpha value is -3.92. The van der Waals surface area contributed by atoms with E-state index in [4.69, 9.17) is 11.6 Å². The summed E-state index contributed by atoms with van der Waals surface area (Å²) in [5, 5.41) is 2.61. The van der Waals surface area contributed by atoms with Crippen LogP contribution in [0.25, 0.3) is 17.2 Å². The Morgan fingerprint density at radius 1 is 1.07 bits per heavy atom. The average Bonchev–Trinajstić information content (AvgIpc) is 3.80. The van der Waals surface area contributed by atoms with Crippen LogP contribution in [0.5, 0.6) is 0 Å². The van der Waals surface area contributed by atoms with E-state index in [1.165, 1.54) is 22.8 Å². The van der Waals surface area contributed by atoms with Gasteiger partial charge in [0.1, 0.15) is 17.2 Å². The molecule has 40 heavy (non-hydrogen) atoms. The number of nitrogens with one attached hydrogen (secondary N) is 1. The summed E-state index contributed by atoms with van der Waals surface area (Å²) in [7, 11) is 0. The lowest BCUT2D eigenvalue weighted by Gasteiger charge is -2.39. The fraction of sp³-hybridized carbons (Fsp3) is 0.310. The Morgan fingerprint density at radius 2 is 1.80 bits per heavy atom. The van der Waals surface area contributed by atoms with E-state index in [1.807, 2.05) is 0 Å². The van der Waals surface area contributed by atoms with Gasteiger partial charge in [-0.2, -0.15) is 0 Å². The van der Waals surface area contributed by atoms with Gasteiger partial charge in [0.05, 0.1) is 18.7 Å². The molecule has 6 rings (SSSR count). The number of carbonyl (C=O) groups is 2. The number of aromatic nitrogens is 2. The lowest BCUT2D eigenvalue weighted by Crippen LogP contribution is -2.58. The molecular formula is C29H24ClF3N4O3. The number of pyridine rings is 2. The zero-order valence-corrected chi connectivity index (χ0v) is 22.0. The predicted molar refractivity (Wildman–Crippen MR) is 144 cm³/mol. The Balaban J connectivity index is 1.39. The van der Waals surface area contributed by atoms with Crippen LogP contribution in [0.3, 0.4) is 0 Å². The Kier molecular flexibility index (Phi) is 6.33. The maximum atomic E-state index is 15.4. The van der Waals surface area contributed by atoms with Crippen LogP contribution in [0.2, 0.25) is 5.02 Å². The maximum absolute atomic E-state index is 15.4. The Labute approximate surface area is 232 Å². The van der Waals surface area contributed by atoms with Crippen molar-refractivity contribution in [2.24, 2.45) is 0 Å². The SMILES string of the molecule is C=Cc1cc(C(=O)Nc2cc(-c3c(F)cc(Cl)cc3C(=O)N3CC(F)(F)C3)cc(C3CC3)n2)c(=O)n(C2CC2)c1. The lowest BCUT2D eigenvalue weighted by molar-refractivity contribution is -0.113. The first kappa shape index (κ1) is 26.3. The molecule has 3 heterocycles. The normalized spacial score (nSPS) is 17.8. The topological polar surface area (TPSA) is 84.3 Å². The predicted octanol–water partition coefficient (Wildman–Crippen LogP) is 5.90. The first-order valence-electron chi connectivity index (χ1n) is 12.9. The molecule has 206 valence electrons. The smallest absolute Gasteiger partial charge is 0.282 e. The molecule has 2 saturated carbocycles. The number of hydrogen-bond donors (Lipinski definition) is 1. The quantitative estimate of drug-likeness (QED) is 0.384. The van der Waals surface area contributed by atoms with Gasteiger partial charge in [0.25, 0.3) is 23.3 Å². The van der Waals surface area contributed by atoms with E-state index < -0.39 is 42.2 Å². The van der Waals surface area contributed by atoms with Crippen LogP contribution in [0, 0.1) is 5.82 Å². The van der Waals surface area contributed by atoms with Gasteiger partial charge in [0.2, 0.25) is 0 Å². The largest absolute Gasteiger partial charge is 0.326 e. The summed E-state index contributed by atoms with van der Waals surface area (Å²) in [4.78, 5) is 44.9. The highest BCUT2D eigenvalue weighted by Crippen LogP contribution is 2.42. The molecule has 3 aromatic rings. The molecule has 1 aromatic carbocycles. The van der Waals surface area contributed by atoms with E-state index in [9.17, 15) is 23.2 Å². The number of rotatable bonds is 7. The van der Waals surface area contributed by atoms with Gasteiger partial charge >= 0.3 is 0 Å². The van der Waals surface area contributed by atoms with E-state index in [0.717, 1.165) is 36.6 Å². The third-order valence-corrected chi connectivity index (χ3v) is 7.49. The van der Waals surface area contributed by atoms with Crippen molar-refractivity contribution in [3.63, 3.8) is 0 Å². The van der Waals surface area contributed by atoms with Gasteiger partial charge < -0.3 is 14.8 Å². The fourth-order valence-corrected chi connectivity index (χ4v) is 5.12. The number of carbonyl (C=O) groups excluding carboxylic acids is 2. The molecule has 2 aromatic heterocycles. The minimum atomic E-state index is -3.00. The molecule has 3 aliphatic rings. The molecule has 2 aliphatic carbocycles. The van der Waals surface area contributed by atoms with Gasteiger partial charge in [-0.3, -0.25) is 14.4 Å². The van der Waals surface area contributed by atoms with E-state index in [-0.39, 0.29) is 45.1 Å². The van der Waals surface area contributed by atoms with Crippen LogP contribution in [0.4, 0.5) is 19.0 Å². The molecule has 11 heteroatoms. The van der Waals surface area contributed by atoms with E-state index in [1.54, 1.807) is 18.3 Å². The zero-order chi connectivity index (χ0) is 28.3. The second-order valence-electron chi connectivity index (χ2n) is 10.6. The van der Waals surface area contributed by atoms with Crippen molar-refractivity contribution >= 4 is 35.3 Å².